The number of carbonyl (C=O) groups excluding carboxylic acids is 3. The summed E-state index contributed by atoms with van der Waals surface area (Å²) in [7, 11) is 0. The Morgan fingerprint density at radius 3 is 2.26 bits per heavy atom. The molecule has 7 aromatic rings. The number of nitrogens with one attached hydrogen (secondary N) is 2. The second-order valence-corrected chi connectivity index (χ2v) is 16.7. The number of nitriles is 1. The molecule has 2 heterocycles. The van der Waals surface area contributed by atoms with Gasteiger partial charge in [0, 0.05) is 30.5 Å². The number of rotatable bonds is 11. The second-order valence-electron chi connectivity index (χ2n) is 15.9. The number of amides is 3. The highest BCUT2D eigenvalue weighted by atomic mass is 35.5. The molecule has 0 saturated carbocycles. The molecule has 0 saturated heterocycles. The summed E-state index contributed by atoms with van der Waals surface area (Å²) in [6.07, 6.45) is -0.957. The van der Waals surface area contributed by atoms with E-state index in [0.29, 0.717) is 66.0 Å². The van der Waals surface area contributed by atoms with Crippen LogP contribution in [0.4, 0.5) is 5.69 Å². The molecule has 7 aromatic carbocycles. The van der Waals surface area contributed by atoms with Crippen molar-refractivity contribution in [2.75, 3.05) is 5.32 Å². The molecule has 1 unspecified atom stereocenters. The number of benzene rings is 7. The van der Waals surface area contributed by atoms with Gasteiger partial charge in [0.1, 0.15) is 30.2 Å². The molecule has 0 bridgehead atoms. The monoisotopic (exact) mass is 900 g/mol. The molecule has 0 aliphatic carbocycles. The van der Waals surface area contributed by atoms with Crippen molar-refractivity contribution >= 4 is 63.4 Å². The molecular weight excluding hydrogens is 863 g/mol. The maximum Gasteiger partial charge on any atom is 0.326 e. The lowest BCUT2D eigenvalue weighted by molar-refractivity contribution is -0.142. The van der Waals surface area contributed by atoms with Crippen molar-refractivity contribution in [3.05, 3.63) is 195 Å². The third-order valence-electron chi connectivity index (χ3n) is 11.7. The van der Waals surface area contributed by atoms with Crippen LogP contribution in [-0.2, 0) is 40.4 Å². The molecule has 2 aliphatic rings. The first-order valence-corrected chi connectivity index (χ1v) is 21.5. The van der Waals surface area contributed by atoms with Crippen LogP contribution in [0.5, 0.6) is 11.5 Å². The molecule has 0 spiro atoms. The Labute approximate surface area is 383 Å². The number of nitrogens with zero attached hydrogens (tertiary/aromatic N) is 2. The lowest BCUT2D eigenvalue weighted by atomic mass is 9.90. The van der Waals surface area contributed by atoms with Crippen LogP contribution in [0, 0.1) is 11.3 Å². The van der Waals surface area contributed by atoms with Crippen molar-refractivity contribution in [3.63, 3.8) is 0 Å². The first-order valence-electron chi connectivity index (χ1n) is 20.7. The van der Waals surface area contributed by atoms with Crippen LogP contribution in [0.25, 0.3) is 21.9 Å². The van der Waals surface area contributed by atoms with E-state index in [1.807, 2.05) is 60.7 Å². The third kappa shape index (κ3) is 9.09. The topological polar surface area (TPSA) is 158 Å². The maximum atomic E-state index is 14.7. The molecule has 3 amide bonds. The highest BCUT2D eigenvalue weighted by Gasteiger charge is 2.39. The second kappa shape index (κ2) is 18.2. The summed E-state index contributed by atoms with van der Waals surface area (Å²) < 4.78 is 12.3. The molecule has 3 N–H and O–H groups in total. The van der Waals surface area contributed by atoms with Gasteiger partial charge in [0.15, 0.2) is 0 Å². The standard InChI is InChI=1S/C52H38Cl2N4O7/c53-42-21-12-32(22-43(42)54)29-64-39-19-17-36(18-20-39)48-50(60)56-44-24-37-25-46(58(28-38(37)26-47(44)65-48)51(61)41-7-3-5-35-4-1-2-6-40(35)41)49(59)57-45(52(62)63)23-30-8-13-33(14-9-30)34-15-10-31(27-55)11-16-34/h1-22,24,26,45-46,48H,23,25,28-29H2,(H,56,60)(H,57,59)(H,62,63)/t45-,46-,48?/m0/s1. The zero-order valence-corrected chi connectivity index (χ0v) is 36.0. The van der Waals surface area contributed by atoms with E-state index < -0.39 is 41.9 Å². The van der Waals surface area contributed by atoms with Crippen molar-refractivity contribution in [1.82, 2.24) is 10.2 Å². The molecular formula is C52H38Cl2N4O7. The predicted octanol–water partition coefficient (Wildman–Crippen LogP) is 9.72. The molecule has 3 atom stereocenters. The van der Waals surface area contributed by atoms with Crippen molar-refractivity contribution in [2.24, 2.45) is 0 Å². The number of aliphatic carboxylic acids is 1. The summed E-state index contributed by atoms with van der Waals surface area (Å²) >= 11 is 12.2. The first-order chi connectivity index (χ1) is 31.5. The van der Waals surface area contributed by atoms with Gasteiger partial charge in [-0.05, 0) is 98.8 Å². The summed E-state index contributed by atoms with van der Waals surface area (Å²) in [5.41, 5.74) is 6.64. The van der Waals surface area contributed by atoms with Gasteiger partial charge in [0.2, 0.25) is 12.0 Å². The largest absolute Gasteiger partial charge is 0.489 e. The summed E-state index contributed by atoms with van der Waals surface area (Å²) in [5.74, 6) is -1.69. The molecule has 11 nitrogen and oxygen atoms in total. The van der Waals surface area contributed by atoms with Gasteiger partial charge in [0.25, 0.3) is 11.8 Å². The number of hydrogen-bond donors (Lipinski definition) is 3. The van der Waals surface area contributed by atoms with E-state index in [4.69, 9.17) is 37.9 Å². The molecule has 65 heavy (non-hydrogen) atoms. The molecule has 0 aromatic heterocycles. The summed E-state index contributed by atoms with van der Waals surface area (Å²) in [5, 5.41) is 27.7. The van der Waals surface area contributed by atoms with Gasteiger partial charge in [-0.3, -0.25) is 14.4 Å². The van der Waals surface area contributed by atoms with Crippen LogP contribution in [-0.4, -0.2) is 45.8 Å². The van der Waals surface area contributed by atoms with Crippen LogP contribution >= 0.6 is 23.2 Å². The minimum atomic E-state index is -1.31. The van der Waals surface area contributed by atoms with Crippen LogP contribution < -0.4 is 20.1 Å². The molecule has 0 fully saturated rings. The number of ether oxygens (including phenoxy) is 2. The number of anilines is 1. The van der Waals surface area contributed by atoms with E-state index in [0.717, 1.165) is 22.1 Å². The summed E-state index contributed by atoms with van der Waals surface area (Å²) in [6.45, 7) is 0.263. The Kier molecular flexibility index (Phi) is 12.0. The Balaban J connectivity index is 0.958. The average Bonchev–Trinajstić information content (AvgIpc) is 3.33. The fourth-order valence-electron chi connectivity index (χ4n) is 8.23. The Bertz CT molecular complexity index is 3040. The third-order valence-corrected chi connectivity index (χ3v) is 12.4. The number of halogens is 2. The van der Waals surface area contributed by atoms with Gasteiger partial charge < -0.3 is 30.1 Å². The van der Waals surface area contributed by atoms with E-state index in [1.54, 1.807) is 84.9 Å². The van der Waals surface area contributed by atoms with Crippen LogP contribution in [0.3, 0.4) is 0 Å². The van der Waals surface area contributed by atoms with E-state index in [9.17, 15) is 24.3 Å². The average molecular weight is 902 g/mol. The van der Waals surface area contributed by atoms with Gasteiger partial charge in [-0.2, -0.15) is 5.26 Å². The highest BCUT2D eigenvalue weighted by Crippen LogP contribution is 2.40. The van der Waals surface area contributed by atoms with Crippen LogP contribution in [0.2, 0.25) is 10.0 Å². The van der Waals surface area contributed by atoms with Crippen LogP contribution in [0.15, 0.2) is 146 Å². The Morgan fingerprint density at radius 1 is 0.831 bits per heavy atom. The minimum absolute atomic E-state index is 0.00411. The fraction of sp³-hybridized carbons (Fsp3) is 0.135. The van der Waals surface area contributed by atoms with Gasteiger partial charge in [-0.25, -0.2) is 4.79 Å². The summed E-state index contributed by atoms with van der Waals surface area (Å²) in [6, 6.07) is 42.9. The van der Waals surface area contributed by atoms with Crippen molar-refractivity contribution < 1.29 is 33.8 Å². The number of carboxylic acid groups (broad SMARTS) is 1. The number of carboxylic acids is 1. The Morgan fingerprint density at radius 2 is 1.54 bits per heavy atom. The maximum absolute atomic E-state index is 14.7. The van der Waals surface area contributed by atoms with Gasteiger partial charge >= 0.3 is 5.97 Å². The van der Waals surface area contributed by atoms with Gasteiger partial charge in [0.05, 0.1) is 27.4 Å². The number of hydrogen-bond acceptors (Lipinski definition) is 7. The number of carbonyl (C=O) groups is 4. The number of fused-ring (bicyclic) bond motifs is 3. The molecule has 2 aliphatic heterocycles. The Hall–Kier alpha value is -7.65. The summed E-state index contributed by atoms with van der Waals surface area (Å²) in [4.78, 5) is 56.8. The van der Waals surface area contributed by atoms with Crippen molar-refractivity contribution in [1.29, 1.82) is 5.26 Å². The van der Waals surface area contributed by atoms with Crippen LogP contribution in [0.1, 0.15) is 49.8 Å². The lowest BCUT2D eigenvalue weighted by Gasteiger charge is -2.38. The van der Waals surface area contributed by atoms with E-state index in [1.165, 1.54) is 4.90 Å². The SMILES string of the molecule is N#Cc1ccc(-c2ccc(C[C@H](NC(=O)[C@@H]3Cc4cc5c(cc4CN3C(=O)c3cccc4ccccc34)OC(c3ccc(OCc4ccc(Cl)c(Cl)c4)cc3)C(=O)N5)C(=O)O)cc2)cc1. The van der Waals surface area contributed by atoms with E-state index in [2.05, 4.69) is 16.7 Å². The first kappa shape index (κ1) is 42.6. The molecule has 0 radical (unpaired) electrons. The van der Waals surface area contributed by atoms with Gasteiger partial charge in [-0.1, -0.05) is 114 Å². The molecule has 322 valence electrons. The zero-order valence-electron chi connectivity index (χ0n) is 34.5. The van der Waals surface area contributed by atoms with Gasteiger partial charge in [-0.15, -0.1) is 0 Å². The van der Waals surface area contributed by atoms with Crippen molar-refractivity contribution in [3.8, 4) is 28.7 Å². The van der Waals surface area contributed by atoms with E-state index >= 15 is 0 Å². The highest BCUT2D eigenvalue weighted by molar-refractivity contribution is 6.42. The zero-order chi connectivity index (χ0) is 45.2. The smallest absolute Gasteiger partial charge is 0.326 e. The molecule has 9 rings (SSSR count). The van der Waals surface area contributed by atoms with E-state index in [-0.39, 0.29) is 26.0 Å². The van der Waals surface area contributed by atoms with Crippen molar-refractivity contribution in [2.45, 2.75) is 44.2 Å². The molecule has 13 heteroatoms. The lowest BCUT2D eigenvalue weighted by Crippen LogP contribution is -2.56. The predicted molar refractivity (Wildman–Crippen MR) is 247 cm³/mol. The fourth-order valence-corrected chi connectivity index (χ4v) is 8.55. The normalized spacial score (nSPS) is 15.6. The minimum Gasteiger partial charge on any atom is -0.489 e. The quantitative estimate of drug-likeness (QED) is 0.116.